The average molecular weight is 846 g/mol. The quantitative estimate of drug-likeness (QED) is 0.0797. The average Bonchev–Trinajstić information content (AvgIpc) is 3.79. The van der Waals surface area contributed by atoms with Gasteiger partial charge in [0.15, 0.2) is 0 Å². The first-order valence-corrected chi connectivity index (χ1v) is 20.5. The Morgan fingerprint density at radius 2 is 1.05 bits per heavy atom. The molecule has 1 aliphatic rings. The maximum absolute atomic E-state index is 14.4. The number of aromatic hydroxyl groups is 1. The molecule has 6 N–H and O–H groups in total. The lowest BCUT2D eigenvalue weighted by Gasteiger charge is -2.33. The highest BCUT2D eigenvalue weighted by Gasteiger charge is 2.32. The zero-order chi connectivity index (χ0) is 43.8. The second-order valence-electron chi connectivity index (χ2n) is 14.7. The third kappa shape index (κ3) is 17.7. The minimum atomic E-state index is -0.725. The zero-order valence-electron chi connectivity index (χ0n) is 34.7. The molecule has 17 heteroatoms. The number of nitrogens with two attached hydrogens (primary N) is 2. The number of primary amides is 1. The molecule has 61 heavy (non-hydrogen) atoms. The molecule has 4 rings (SSSR count). The van der Waals surface area contributed by atoms with Crippen molar-refractivity contribution < 1.29 is 48.1 Å². The van der Waals surface area contributed by atoms with Crippen LogP contribution in [0.5, 0.6) is 5.75 Å². The van der Waals surface area contributed by atoms with Gasteiger partial charge in [-0.05, 0) is 41.7 Å². The van der Waals surface area contributed by atoms with Crippen LogP contribution in [-0.2, 0) is 62.6 Å². The summed E-state index contributed by atoms with van der Waals surface area (Å²) in [7, 11) is 0. The summed E-state index contributed by atoms with van der Waals surface area (Å²) in [4.78, 5) is 86.3. The smallest absolute Gasteiger partial charge is 0.246 e. The number of benzene rings is 3. The Labute approximate surface area is 356 Å². The van der Waals surface area contributed by atoms with E-state index in [1.807, 2.05) is 36.4 Å². The van der Waals surface area contributed by atoms with E-state index in [0.29, 0.717) is 44.8 Å². The maximum atomic E-state index is 14.4. The predicted molar refractivity (Wildman–Crippen MR) is 225 cm³/mol. The van der Waals surface area contributed by atoms with Crippen LogP contribution in [0.3, 0.4) is 0 Å². The summed E-state index contributed by atoms with van der Waals surface area (Å²) in [5.74, 6) is -3.28. The standard InChI is InChI=1S/C44H59N7O10/c45-19-20-59-21-22-60-23-24-61-33-40(54)47-25-41(55)51(37-13-7-8-14-37)32-44(58)50(27-35-11-5-2-6-12-35)31-43(57)49(28-36-15-17-38(52)18-16-36)30-42(56)48(29-39(46)53)26-34-9-3-1-4-10-34/h1-6,9-12,15-18,37,52H,7-8,13-14,19-33,45H2,(H2,46,53)(H,47,54). The Morgan fingerprint density at radius 1 is 0.590 bits per heavy atom. The molecule has 1 fully saturated rings. The molecule has 0 atom stereocenters. The van der Waals surface area contributed by atoms with E-state index in [9.17, 15) is 33.9 Å². The van der Waals surface area contributed by atoms with Crippen molar-refractivity contribution in [2.45, 2.75) is 51.4 Å². The SMILES string of the molecule is NCCOCCOCCOCC(=O)NCC(=O)N(CC(=O)N(CC(=O)N(CC(=O)N(CC(N)=O)Cc1ccccc1)Cc1ccc(O)cc1)Cc1ccccc1)C1CCCC1. The summed E-state index contributed by atoms with van der Waals surface area (Å²) < 4.78 is 16.0. The van der Waals surface area contributed by atoms with E-state index in [1.54, 1.807) is 36.4 Å². The van der Waals surface area contributed by atoms with Crippen LogP contribution in [0.2, 0.25) is 0 Å². The molecule has 0 aromatic heterocycles. The molecule has 0 saturated heterocycles. The van der Waals surface area contributed by atoms with Gasteiger partial charge in [-0.15, -0.1) is 0 Å². The summed E-state index contributed by atoms with van der Waals surface area (Å²) in [5, 5.41) is 12.5. The number of nitrogens with zero attached hydrogens (tertiary/aromatic N) is 4. The lowest BCUT2D eigenvalue weighted by atomic mass is 10.1. The Hall–Kier alpha value is -5.88. The molecule has 17 nitrogen and oxygen atoms in total. The highest BCUT2D eigenvalue weighted by atomic mass is 16.5. The van der Waals surface area contributed by atoms with Crippen molar-refractivity contribution in [2.24, 2.45) is 11.5 Å². The highest BCUT2D eigenvalue weighted by molar-refractivity contribution is 5.92. The van der Waals surface area contributed by atoms with Crippen molar-refractivity contribution in [1.29, 1.82) is 0 Å². The van der Waals surface area contributed by atoms with Crippen LogP contribution in [0, 0.1) is 0 Å². The van der Waals surface area contributed by atoms with E-state index >= 15 is 0 Å². The molecule has 1 aliphatic carbocycles. The largest absolute Gasteiger partial charge is 0.508 e. The topological polar surface area (TPSA) is 227 Å². The second kappa shape index (κ2) is 26.4. The second-order valence-corrected chi connectivity index (χ2v) is 14.7. The van der Waals surface area contributed by atoms with Crippen LogP contribution in [0.15, 0.2) is 84.9 Å². The fraction of sp³-hybridized carbons (Fsp3) is 0.455. The molecule has 0 unspecified atom stereocenters. The van der Waals surface area contributed by atoms with Gasteiger partial charge in [-0.3, -0.25) is 28.8 Å². The first-order valence-electron chi connectivity index (χ1n) is 20.5. The maximum Gasteiger partial charge on any atom is 0.246 e. The number of amides is 6. The van der Waals surface area contributed by atoms with Crippen molar-refractivity contribution in [3.8, 4) is 5.75 Å². The number of rotatable bonds is 27. The van der Waals surface area contributed by atoms with E-state index in [1.165, 1.54) is 31.7 Å². The van der Waals surface area contributed by atoms with Crippen LogP contribution in [0.25, 0.3) is 0 Å². The van der Waals surface area contributed by atoms with Crippen LogP contribution in [-0.4, -0.2) is 145 Å². The number of carbonyl (C=O) groups is 6. The van der Waals surface area contributed by atoms with E-state index in [2.05, 4.69) is 5.32 Å². The van der Waals surface area contributed by atoms with Gasteiger partial charge in [0.2, 0.25) is 35.4 Å². The summed E-state index contributed by atoms with van der Waals surface area (Å²) in [6, 6.07) is 24.0. The van der Waals surface area contributed by atoms with Crippen molar-refractivity contribution in [3.63, 3.8) is 0 Å². The predicted octanol–water partition coefficient (Wildman–Crippen LogP) is 1.16. The first-order chi connectivity index (χ1) is 29.5. The van der Waals surface area contributed by atoms with Gasteiger partial charge in [0.25, 0.3) is 0 Å². The Kier molecular flexibility index (Phi) is 20.7. The molecule has 3 aromatic carbocycles. The van der Waals surface area contributed by atoms with Crippen LogP contribution in [0.4, 0.5) is 0 Å². The monoisotopic (exact) mass is 845 g/mol. The third-order valence-electron chi connectivity index (χ3n) is 9.87. The van der Waals surface area contributed by atoms with Crippen LogP contribution >= 0.6 is 0 Å². The third-order valence-corrected chi connectivity index (χ3v) is 9.87. The van der Waals surface area contributed by atoms with Crippen LogP contribution < -0.4 is 16.8 Å². The zero-order valence-corrected chi connectivity index (χ0v) is 34.7. The number of hydrogen-bond acceptors (Lipinski definition) is 11. The number of phenols is 1. The first kappa shape index (κ1) is 47.8. The normalized spacial score (nSPS) is 12.4. The van der Waals surface area contributed by atoms with E-state index in [-0.39, 0.29) is 70.9 Å². The molecule has 1 saturated carbocycles. The van der Waals surface area contributed by atoms with Gasteiger partial charge in [-0.1, -0.05) is 85.6 Å². The summed E-state index contributed by atoms with van der Waals surface area (Å²) in [6.45, 7) is -0.167. The molecular formula is C44H59N7O10. The number of nitrogens with one attached hydrogen (secondary N) is 1. The summed E-state index contributed by atoms with van der Waals surface area (Å²) in [6.07, 6.45) is 3.09. The molecule has 0 aliphatic heterocycles. The van der Waals surface area contributed by atoms with Gasteiger partial charge in [0, 0.05) is 32.2 Å². The Bertz CT molecular complexity index is 1830. The van der Waals surface area contributed by atoms with E-state index < -0.39 is 48.5 Å². The van der Waals surface area contributed by atoms with Gasteiger partial charge in [0.1, 0.15) is 32.0 Å². The fourth-order valence-electron chi connectivity index (χ4n) is 6.74. The van der Waals surface area contributed by atoms with Crippen molar-refractivity contribution >= 4 is 35.4 Å². The van der Waals surface area contributed by atoms with Gasteiger partial charge < -0.3 is 55.7 Å². The minimum absolute atomic E-state index is 0.0179. The van der Waals surface area contributed by atoms with Crippen molar-refractivity contribution in [1.82, 2.24) is 24.9 Å². The minimum Gasteiger partial charge on any atom is -0.508 e. The van der Waals surface area contributed by atoms with Gasteiger partial charge >= 0.3 is 0 Å². The molecule has 0 heterocycles. The lowest BCUT2D eigenvalue weighted by Crippen LogP contribution is -2.52. The fourth-order valence-corrected chi connectivity index (χ4v) is 6.74. The number of ether oxygens (including phenoxy) is 3. The van der Waals surface area contributed by atoms with Gasteiger partial charge in [0.05, 0.1) is 46.1 Å². The van der Waals surface area contributed by atoms with E-state index in [0.717, 1.165) is 24.0 Å². The Balaban J connectivity index is 1.47. The number of phenolic OH excluding ortho intramolecular Hbond substituents is 1. The highest BCUT2D eigenvalue weighted by Crippen LogP contribution is 2.24. The van der Waals surface area contributed by atoms with Gasteiger partial charge in [-0.25, -0.2) is 0 Å². The summed E-state index contributed by atoms with van der Waals surface area (Å²) in [5.41, 5.74) is 13.0. The molecule has 330 valence electrons. The van der Waals surface area contributed by atoms with Crippen molar-refractivity contribution in [2.75, 3.05) is 78.9 Å². The molecule has 0 spiro atoms. The number of hydrogen-bond donors (Lipinski definition) is 4. The molecule has 0 radical (unpaired) electrons. The lowest BCUT2D eigenvalue weighted by molar-refractivity contribution is -0.148. The van der Waals surface area contributed by atoms with Gasteiger partial charge in [-0.2, -0.15) is 0 Å². The van der Waals surface area contributed by atoms with Crippen LogP contribution in [0.1, 0.15) is 42.4 Å². The van der Waals surface area contributed by atoms with E-state index in [4.69, 9.17) is 25.7 Å². The number of carbonyl (C=O) groups excluding carboxylic acids is 6. The van der Waals surface area contributed by atoms with Crippen molar-refractivity contribution in [3.05, 3.63) is 102 Å². The molecule has 0 bridgehead atoms. The summed E-state index contributed by atoms with van der Waals surface area (Å²) >= 11 is 0. The molecule has 3 aromatic rings. The molecule has 6 amide bonds. The Morgan fingerprint density at radius 3 is 1.56 bits per heavy atom. The molecular weight excluding hydrogens is 787 g/mol.